The minimum Gasteiger partial charge on any atom is -0.483 e. The summed E-state index contributed by atoms with van der Waals surface area (Å²) in [6, 6.07) is 10.1. The van der Waals surface area contributed by atoms with Crippen LogP contribution in [0, 0.1) is 0 Å². The first-order valence-electron chi connectivity index (χ1n) is 9.70. The molecule has 2 N–H and O–H groups in total. The maximum Gasteiger partial charge on any atom is 0.260 e. The molecule has 0 aromatic heterocycles. The van der Waals surface area contributed by atoms with Gasteiger partial charge in [0.05, 0.1) is 10.5 Å². The highest BCUT2D eigenvalue weighted by atomic mass is 35.5. The van der Waals surface area contributed by atoms with Crippen LogP contribution in [-0.2, 0) is 14.8 Å². The fraction of sp³-hybridized carbons (Fsp3) is 0.286. The molecule has 170 valence electrons. The number of hydrogen-bond acceptors (Lipinski definition) is 6. The van der Waals surface area contributed by atoms with Gasteiger partial charge in [0.25, 0.3) is 11.8 Å². The fourth-order valence-electron chi connectivity index (χ4n) is 3.24. The maximum absolute atomic E-state index is 12.8. The Morgan fingerprint density at radius 1 is 1.03 bits per heavy atom. The predicted octanol–water partition coefficient (Wildman–Crippen LogP) is 1.55. The van der Waals surface area contributed by atoms with Gasteiger partial charge in [-0.3, -0.25) is 14.4 Å². The number of rotatable bonds is 7. The van der Waals surface area contributed by atoms with E-state index in [4.69, 9.17) is 22.1 Å². The van der Waals surface area contributed by atoms with Crippen molar-refractivity contribution in [3.8, 4) is 5.75 Å². The fourth-order valence-corrected chi connectivity index (χ4v) is 4.83. The van der Waals surface area contributed by atoms with Gasteiger partial charge in [0.2, 0.25) is 10.0 Å². The van der Waals surface area contributed by atoms with E-state index in [9.17, 15) is 22.8 Å². The average molecular weight is 480 g/mol. The normalized spacial score (nSPS) is 14.8. The summed E-state index contributed by atoms with van der Waals surface area (Å²) in [5.41, 5.74) is 5.80. The van der Waals surface area contributed by atoms with Crippen molar-refractivity contribution in [3.63, 3.8) is 0 Å². The van der Waals surface area contributed by atoms with Crippen molar-refractivity contribution in [1.29, 1.82) is 0 Å². The van der Waals surface area contributed by atoms with Crippen LogP contribution in [0.5, 0.6) is 5.75 Å². The topological polar surface area (TPSA) is 127 Å². The Morgan fingerprint density at radius 2 is 1.66 bits per heavy atom. The molecule has 1 aliphatic heterocycles. The molecule has 0 unspecified atom stereocenters. The molecular weight excluding hydrogens is 458 g/mol. The van der Waals surface area contributed by atoms with Crippen molar-refractivity contribution in [3.05, 3.63) is 58.6 Å². The second-order valence-electron chi connectivity index (χ2n) is 7.16. The summed E-state index contributed by atoms with van der Waals surface area (Å²) in [6.07, 6.45) is 0. The maximum atomic E-state index is 12.8. The Bertz CT molecular complexity index is 1140. The van der Waals surface area contributed by atoms with Gasteiger partial charge in [0.1, 0.15) is 5.75 Å². The molecule has 2 aromatic rings. The second kappa shape index (κ2) is 9.68. The molecule has 0 aliphatic carbocycles. The zero-order valence-corrected chi connectivity index (χ0v) is 18.9. The van der Waals surface area contributed by atoms with Crippen molar-refractivity contribution < 1.29 is 27.5 Å². The van der Waals surface area contributed by atoms with Crippen LogP contribution in [0.1, 0.15) is 27.6 Å². The largest absolute Gasteiger partial charge is 0.483 e. The molecular formula is C21H22ClN3O6S. The van der Waals surface area contributed by atoms with Gasteiger partial charge in [0, 0.05) is 36.8 Å². The number of primary amides is 1. The number of carbonyl (C=O) groups excluding carboxylic acids is 3. The van der Waals surface area contributed by atoms with Gasteiger partial charge < -0.3 is 15.4 Å². The zero-order chi connectivity index (χ0) is 23.5. The number of nitrogens with zero attached hydrogens (tertiary/aromatic N) is 2. The molecule has 9 nitrogen and oxygen atoms in total. The molecule has 3 rings (SSSR count). The van der Waals surface area contributed by atoms with Crippen LogP contribution in [0.15, 0.2) is 47.4 Å². The molecule has 0 saturated carbocycles. The lowest BCUT2D eigenvalue weighted by Crippen LogP contribution is -2.51. The Balaban J connectivity index is 1.59. The number of nitrogens with two attached hydrogens (primary N) is 1. The summed E-state index contributed by atoms with van der Waals surface area (Å²) in [7, 11) is -3.74. The summed E-state index contributed by atoms with van der Waals surface area (Å²) in [6.45, 7) is 1.70. The van der Waals surface area contributed by atoms with E-state index in [-0.39, 0.29) is 60.7 Å². The minimum atomic E-state index is -3.74. The highest BCUT2D eigenvalue weighted by Crippen LogP contribution is 2.23. The lowest BCUT2D eigenvalue weighted by molar-refractivity contribution is -0.134. The molecule has 1 saturated heterocycles. The van der Waals surface area contributed by atoms with Crippen molar-refractivity contribution in [2.24, 2.45) is 5.73 Å². The monoisotopic (exact) mass is 479 g/mol. The molecule has 32 heavy (non-hydrogen) atoms. The van der Waals surface area contributed by atoms with E-state index in [1.807, 2.05) is 0 Å². The number of hydrogen-bond donors (Lipinski definition) is 1. The number of Topliss-reactive ketones (excluding diaryl/α,β-unsaturated/α-hetero) is 1. The minimum absolute atomic E-state index is 0.0667. The molecule has 11 heteroatoms. The highest BCUT2D eigenvalue weighted by Gasteiger charge is 2.30. The van der Waals surface area contributed by atoms with Crippen LogP contribution in [0.4, 0.5) is 0 Å². The molecule has 0 spiro atoms. The van der Waals surface area contributed by atoms with E-state index in [2.05, 4.69) is 0 Å². The van der Waals surface area contributed by atoms with Gasteiger partial charge in [-0.15, -0.1) is 0 Å². The van der Waals surface area contributed by atoms with Gasteiger partial charge in [-0.25, -0.2) is 8.42 Å². The Hall–Kier alpha value is -2.95. The van der Waals surface area contributed by atoms with E-state index in [0.717, 1.165) is 0 Å². The third kappa shape index (κ3) is 5.26. The molecule has 2 amide bonds. The first kappa shape index (κ1) is 23.7. The molecule has 1 aliphatic rings. The molecule has 0 radical (unpaired) electrons. The number of amides is 2. The van der Waals surface area contributed by atoms with Gasteiger partial charge in [0.15, 0.2) is 12.4 Å². The van der Waals surface area contributed by atoms with Gasteiger partial charge >= 0.3 is 0 Å². The predicted molar refractivity (Wildman–Crippen MR) is 117 cm³/mol. The molecule has 2 aromatic carbocycles. The van der Waals surface area contributed by atoms with Crippen molar-refractivity contribution in [1.82, 2.24) is 9.21 Å². The molecule has 0 bridgehead atoms. The second-order valence-corrected chi connectivity index (χ2v) is 9.53. The number of carbonyl (C=O) groups is 3. The van der Waals surface area contributed by atoms with Gasteiger partial charge in [-0.1, -0.05) is 23.7 Å². The van der Waals surface area contributed by atoms with Crippen LogP contribution < -0.4 is 10.5 Å². The van der Waals surface area contributed by atoms with E-state index in [0.29, 0.717) is 10.6 Å². The Labute approximate surface area is 190 Å². The smallest absolute Gasteiger partial charge is 0.260 e. The number of ketones is 1. The molecule has 0 atom stereocenters. The van der Waals surface area contributed by atoms with Gasteiger partial charge in [-0.2, -0.15) is 4.31 Å². The van der Waals surface area contributed by atoms with E-state index in [1.54, 1.807) is 0 Å². The van der Waals surface area contributed by atoms with E-state index >= 15 is 0 Å². The van der Waals surface area contributed by atoms with Crippen LogP contribution in [0.25, 0.3) is 0 Å². The highest BCUT2D eigenvalue weighted by molar-refractivity contribution is 7.89. The Kier molecular flexibility index (Phi) is 7.17. The molecule has 1 fully saturated rings. The third-order valence-electron chi connectivity index (χ3n) is 5.05. The van der Waals surface area contributed by atoms with Crippen LogP contribution in [0.2, 0.25) is 5.02 Å². The molecule has 1 heterocycles. The summed E-state index contributed by atoms with van der Waals surface area (Å²) >= 11 is 5.85. The summed E-state index contributed by atoms with van der Waals surface area (Å²) in [4.78, 5) is 37.0. The average Bonchev–Trinajstić information content (AvgIpc) is 2.78. The van der Waals surface area contributed by atoms with Crippen molar-refractivity contribution in [2.75, 3.05) is 32.8 Å². The van der Waals surface area contributed by atoms with Crippen LogP contribution in [0.3, 0.4) is 0 Å². The summed E-state index contributed by atoms with van der Waals surface area (Å²) < 4.78 is 32.4. The van der Waals surface area contributed by atoms with Crippen molar-refractivity contribution in [2.45, 2.75) is 11.8 Å². The first-order chi connectivity index (χ1) is 15.1. The zero-order valence-electron chi connectivity index (χ0n) is 17.3. The number of piperazine rings is 1. The number of ether oxygens (including phenoxy) is 1. The van der Waals surface area contributed by atoms with Crippen LogP contribution in [-0.4, -0.2) is 68.0 Å². The van der Waals surface area contributed by atoms with Crippen molar-refractivity contribution >= 4 is 39.2 Å². The first-order valence-corrected chi connectivity index (χ1v) is 11.5. The quantitative estimate of drug-likeness (QED) is 0.600. The summed E-state index contributed by atoms with van der Waals surface area (Å²) in [5.74, 6) is -1.08. The lowest BCUT2D eigenvalue weighted by Gasteiger charge is -2.34. The van der Waals surface area contributed by atoms with Crippen LogP contribution >= 0.6 is 11.6 Å². The number of benzene rings is 2. The third-order valence-corrected chi connectivity index (χ3v) is 7.20. The lowest BCUT2D eigenvalue weighted by atomic mass is 10.2. The Morgan fingerprint density at radius 3 is 2.22 bits per heavy atom. The van der Waals surface area contributed by atoms with E-state index < -0.39 is 15.9 Å². The standard InChI is InChI=1S/C21H22ClN3O6S/c1-14(26)15-2-5-17(6-3-15)32(29,30)25-10-8-24(9-11-25)20(27)13-31-19-7-4-16(22)12-18(19)21(23)28/h2-7,12H,8-11,13H2,1H3,(H2,23,28). The van der Waals surface area contributed by atoms with E-state index in [1.165, 1.54) is 58.6 Å². The number of halogens is 1. The number of sulfonamides is 1. The summed E-state index contributed by atoms with van der Waals surface area (Å²) in [5, 5.41) is 0.311. The SMILES string of the molecule is CC(=O)c1ccc(S(=O)(=O)N2CCN(C(=O)COc3ccc(Cl)cc3C(N)=O)CC2)cc1. The van der Waals surface area contributed by atoms with Gasteiger partial charge in [-0.05, 0) is 37.3 Å².